The zero-order valence-corrected chi connectivity index (χ0v) is 11.2. The number of alkyl halides is 1. The number of carbonyl (C=O) groups excluding carboxylic acids is 1. The van der Waals surface area contributed by atoms with Crippen LogP contribution < -0.4 is 10.9 Å². The topological polar surface area (TPSA) is 54.0 Å². The van der Waals surface area contributed by atoms with E-state index in [1.165, 1.54) is 11.3 Å². The predicted molar refractivity (Wildman–Crippen MR) is 71.7 cm³/mol. The monoisotopic (exact) mass is 289 g/mol. The van der Waals surface area contributed by atoms with Crippen LogP contribution in [0.1, 0.15) is 6.92 Å². The fraction of sp³-hybridized carbons (Fsp3) is 0.200. The number of rotatable bonds is 3. The molecule has 1 heterocycles. The van der Waals surface area contributed by atoms with E-state index < -0.39 is 5.38 Å². The van der Waals surface area contributed by atoms with Gasteiger partial charge in [-0.25, -0.2) is 4.98 Å². The molecule has 0 unspecified atom stereocenters. The third-order valence-corrected chi connectivity index (χ3v) is 3.46. The van der Waals surface area contributed by atoms with Crippen molar-refractivity contribution in [1.82, 2.24) is 10.4 Å². The Hall–Kier alpha value is -1.04. The van der Waals surface area contributed by atoms with Crippen molar-refractivity contribution in [3.63, 3.8) is 0 Å². The highest BCUT2D eigenvalue weighted by molar-refractivity contribution is 7.22. The van der Waals surface area contributed by atoms with Gasteiger partial charge in [0.15, 0.2) is 0 Å². The predicted octanol–water partition coefficient (Wildman–Crippen LogP) is 3.02. The molecule has 1 aromatic carbocycles. The van der Waals surface area contributed by atoms with Crippen molar-refractivity contribution in [2.45, 2.75) is 12.3 Å². The normalized spacial score (nSPS) is 12.4. The molecule has 2 aromatic rings. The summed E-state index contributed by atoms with van der Waals surface area (Å²) >= 11 is 13.0. The van der Waals surface area contributed by atoms with E-state index in [0.29, 0.717) is 10.2 Å². The molecule has 0 aliphatic heterocycles. The number of aromatic nitrogens is 1. The van der Waals surface area contributed by atoms with Gasteiger partial charge in [0, 0.05) is 0 Å². The highest BCUT2D eigenvalue weighted by Crippen LogP contribution is 2.30. The summed E-state index contributed by atoms with van der Waals surface area (Å²) in [5.74, 6) is -0.308. The van der Waals surface area contributed by atoms with Gasteiger partial charge >= 0.3 is 0 Å². The number of amides is 1. The first-order valence-corrected chi connectivity index (χ1v) is 6.46. The van der Waals surface area contributed by atoms with Gasteiger partial charge in [0.05, 0.1) is 9.72 Å². The van der Waals surface area contributed by atoms with Crippen LogP contribution in [0.5, 0.6) is 0 Å². The Labute approximate surface area is 112 Å². The van der Waals surface area contributed by atoms with Gasteiger partial charge in [-0.15, -0.1) is 11.6 Å². The highest BCUT2D eigenvalue weighted by Gasteiger charge is 2.10. The number of hydrazine groups is 1. The summed E-state index contributed by atoms with van der Waals surface area (Å²) in [6.45, 7) is 1.59. The largest absolute Gasteiger partial charge is 0.273 e. The van der Waals surface area contributed by atoms with Crippen LogP contribution in [0.3, 0.4) is 0 Å². The zero-order valence-electron chi connectivity index (χ0n) is 8.83. The molecule has 4 nitrogen and oxygen atoms in total. The molecule has 0 spiro atoms. The maximum Gasteiger partial charge on any atom is 0.256 e. The van der Waals surface area contributed by atoms with E-state index in [1.807, 2.05) is 12.1 Å². The van der Waals surface area contributed by atoms with Crippen LogP contribution >= 0.6 is 34.5 Å². The molecule has 1 atom stereocenters. The minimum atomic E-state index is -0.597. The molecule has 0 fully saturated rings. The zero-order chi connectivity index (χ0) is 12.4. The van der Waals surface area contributed by atoms with Crippen LogP contribution in [-0.2, 0) is 4.79 Å². The first kappa shape index (κ1) is 12.4. The highest BCUT2D eigenvalue weighted by atomic mass is 35.5. The van der Waals surface area contributed by atoms with Crippen molar-refractivity contribution in [3.8, 4) is 0 Å². The van der Waals surface area contributed by atoms with Gasteiger partial charge in [-0.2, -0.15) is 0 Å². The number of hydrogen-bond acceptors (Lipinski definition) is 4. The summed E-state index contributed by atoms with van der Waals surface area (Å²) in [5.41, 5.74) is 5.89. The maximum atomic E-state index is 11.2. The van der Waals surface area contributed by atoms with E-state index in [2.05, 4.69) is 15.8 Å². The molecule has 90 valence electrons. The van der Waals surface area contributed by atoms with Gasteiger partial charge in [-0.3, -0.25) is 15.6 Å². The number of fused-ring (bicyclic) bond motifs is 1. The summed E-state index contributed by atoms with van der Waals surface area (Å²) in [6.07, 6.45) is 0. The van der Waals surface area contributed by atoms with Gasteiger partial charge in [0.1, 0.15) is 10.9 Å². The lowest BCUT2D eigenvalue weighted by molar-refractivity contribution is -0.119. The second kappa shape index (κ2) is 5.08. The van der Waals surface area contributed by atoms with E-state index in [0.717, 1.165) is 10.2 Å². The van der Waals surface area contributed by atoms with Crippen molar-refractivity contribution < 1.29 is 4.79 Å². The Bertz CT molecular complexity index is 555. The lowest BCUT2D eigenvalue weighted by Crippen LogP contribution is -2.34. The quantitative estimate of drug-likeness (QED) is 0.675. The Morgan fingerprint density at radius 2 is 2.29 bits per heavy atom. The molecule has 7 heteroatoms. The summed E-state index contributed by atoms with van der Waals surface area (Å²) in [4.78, 5) is 15.5. The molecule has 0 radical (unpaired) electrons. The van der Waals surface area contributed by atoms with E-state index in [4.69, 9.17) is 23.2 Å². The standard InChI is InChI=1S/C10H9Cl2N3OS/c1-5(11)9(16)14-15-10-13-8-6(12)3-2-4-7(8)17-10/h2-5H,1H3,(H,13,15)(H,14,16)/t5-/m1/s1. The Kier molecular flexibility index (Phi) is 3.71. The van der Waals surface area contributed by atoms with E-state index in [1.54, 1.807) is 13.0 Å². The molecule has 1 aromatic heterocycles. The summed E-state index contributed by atoms with van der Waals surface area (Å²) in [6, 6.07) is 5.54. The molecule has 2 rings (SSSR count). The van der Waals surface area contributed by atoms with Crippen molar-refractivity contribution in [2.24, 2.45) is 0 Å². The fourth-order valence-electron chi connectivity index (χ4n) is 1.18. The summed E-state index contributed by atoms with van der Waals surface area (Å²) in [5, 5.41) is 0.558. The number of halogens is 2. The smallest absolute Gasteiger partial charge is 0.256 e. The number of para-hydroxylation sites is 1. The van der Waals surface area contributed by atoms with Crippen LogP contribution in [0.2, 0.25) is 5.02 Å². The number of anilines is 1. The lowest BCUT2D eigenvalue weighted by atomic mass is 10.3. The fourth-order valence-corrected chi connectivity index (χ4v) is 2.36. The molecule has 0 aliphatic rings. The number of thiazole rings is 1. The summed E-state index contributed by atoms with van der Waals surface area (Å²) < 4.78 is 0.952. The Morgan fingerprint density at radius 1 is 1.53 bits per heavy atom. The number of hydrogen-bond donors (Lipinski definition) is 2. The van der Waals surface area contributed by atoms with Gasteiger partial charge in [-0.05, 0) is 19.1 Å². The molecule has 0 saturated heterocycles. The van der Waals surface area contributed by atoms with Crippen molar-refractivity contribution in [3.05, 3.63) is 23.2 Å². The third-order valence-electron chi connectivity index (χ3n) is 2.02. The molecule has 0 aliphatic carbocycles. The van der Waals surface area contributed by atoms with Gasteiger partial charge < -0.3 is 0 Å². The van der Waals surface area contributed by atoms with Gasteiger partial charge in [0.25, 0.3) is 5.91 Å². The van der Waals surface area contributed by atoms with Crippen molar-refractivity contribution >= 4 is 55.8 Å². The second-order valence-corrected chi connectivity index (χ2v) is 5.43. The van der Waals surface area contributed by atoms with Crippen molar-refractivity contribution in [2.75, 3.05) is 5.43 Å². The minimum absolute atomic E-state index is 0.308. The maximum absolute atomic E-state index is 11.2. The summed E-state index contributed by atoms with van der Waals surface area (Å²) in [7, 11) is 0. The first-order valence-electron chi connectivity index (χ1n) is 4.83. The molecule has 0 saturated carbocycles. The Morgan fingerprint density at radius 3 is 2.94 bits per heavy atom. The number of nitrogens with one attached hydrogen (secondary N) is 2. The first-order chi connectivity index (χ1) is 8.08. The van der Waals surface area contributed by atoms with E-state index >= 15 is 0 Å². The lowest BCUT2D eigenvalue weighted by Gasteiger charge is -2.05. The third kappa shape index (κ3) is 2.80. The van der Waals surface area contributed by atoms with E-state index in [9.17, 15) is 4.79 Å². The van der Waals surface area contributed by atoms with Crippen LogP contribution in [0, 0.1) is 0 Å². The SMILES string of the molecule is C[C@@H](Cl)C(=O)NNc1nc2c(Cl)cccc2s1. The minimum Gasteiger partial charge on any atom is -0.273 e. The number of carbonyl (C=O) groups is 1. The number of nitrogens with zero attached hydrogens (tertiary/aromatic N) is 1. The van der Waals surface area contributed by atoms with Crippen LogP contribution in [0.15, 0.2) is 18.2 Å². The molecule has 0 bridgehead atoms. The Balaban J connectivity index is 2.15. The van der Waals surface area contributed by atoms with Gasteiger partial charge in [0.2, 0.25) is 5.13 Å². The average Bonchev–Trinajstić information content (AvgIpc) is 2.70. The molecule has 17 heavy (non-hydrogen) atoms. The molecule has 2 N–H and O–H groups in total. The van der Waals surface area contributed by atoms with Crippen LogP contribution in [-0.4, -0.2) is 16.3 Å². The van der Waals surface area contributed by atoms with E-state index in [-0.39, 0.29) is 5.91 Å². The molecular weight excluding hydrogens is 281 g/mol. The van der Waals surface area contributed by atoms with Gasteiger partial charge in [-0.1, -0.05) is 29.0 Å². The second-order valence-electron chi connectivity index (χ2n) is 3.34. The van der Waals surface area contributed by atoms with Crippen LogP contribution in [0.25, 0.3) is 10.2 Å². The molecular formula is C10H9Cl2N3OS. The number of benzene rings is 1. The van der Waals surface area contributed by atoms with Crippen molar-refractivity contribution in [1.29, 1.82) is 0 Å². The molecule has 1 amide bonds. The van der Waals surface area contributed by atoms with Crippen LogP contribution in [0.4, 0.5) is 5.13 Å². The average molecular weight is 290 g/mol.